The lowest BCUT2D eigenvalue weighted by molar-refractivity contribution is -0.138. The van der Waals surface area contributed by atoms with Gasteiger partial charge in [0.25, 0.3) is 0 Å². The van der Waals surface area contributed by atoms with Gasteiger partial charge in [-0.15, -0.1) is 0 Å². The second-order valence-corrected chi connectivity index (χ2v) is 10.5. The SMILES string of the molecule is C=CC(=O)OCCCCOc1ccc(C=CC(=O)Nc2cc(C)c(N=Cc3ccc(OCCCCOC(=O)C=C)cc3)c(C)c2)cc1. The van der Waals surface area contributed by atoms with E-state index in [1.54, 1.807) is 12.3 Å². The second-order valence-electron chi connectivity index (χ2n) is 10.5. The van der Waals surface area contributed by atoms with Crippen molar-refractivity contribution < 1.29 is 33.3 Å². The first kappa shape index (κ1) is 36.0. The number of carbonyl (C=O) groups is 3. The molecule has 3 aromatic carbocycles. The van der Waals surface area contributed by atoms with Gasteiger partial charge in [-0.25, -0.2) is 9.59 Å². The van der Waals surface area contributed by atoms with Crippen LogP contribution < -0.4 is 14.8 Å². The molecule has 3 rings (SSSR count). The molecule has 0 saturated carbocycles. The van der Waals surface area contributed by atoms with Crippen molar-refractivity contribution in [2.24, 2.45) is 4.99 Å². The van der Waals surface area contributed by atoms with E-state index in [1.165, 1.54) is 6.08 Å². The summed E-state index contributed by atoms with van der Waals surface area (Å²) < 4.78 is 21.4. The molecule has 0 aliphatic rings. The average molecular weight is 639 g/mol. The molecule has 0 heterocycles. The van der Waals surface area contributed by atoms with Gasteiger partial charge in [0.15, 0.2) is 0 Å². The van der Waals surface area contributed by atoms with Crippen molar-refractivity contribution in [3.05, 3.63) is 114 Å². The minimum atomic E-state index is -0.421. The third-order valence-corrected chi connectivity index (χ3v) is 6.73. The summed E-state index contributed by atoms with van der Waals surface area (Å²) in [7, 11) is 0. The maximum absolute atomic E-state index is 12.6. The van der Waals surface area contributed by atoms with Crippen molar-refractivity contribution in [3.63, 3.8) is 0 Å². The molecule has 9 nitrogen and oxygen atoms in total. The summed E-state index contributed by atoms with van der Waals surface area (Å²) in [6.45, 7) is 12.4. The Balaban J connectivity index is 1.43. The number of nitrogens with one attached hydrogen (secondary N) is 1. The third kappa shape index (κ3) is 13.6. The molecule has 0 unspecified atom stereocenters. The smallest absolute Gasteiger partial charge is 0.330 e. The molecule has 0 atom stereocenters. The molecular weight excluding hydrogens is 596 g/mol. The van der Waals surface area contributed by atoms with Gasteiger partial charge in [0.1, 0.15) is 11.5 Å². The molecule has 0 aliphatic heterocycles. The molecule has 0 radical (unpaired) electrons. The van der Waals surface area contributed by atoms with E-state index in [0.29, 0.717) is 38.5 Å². The Hall–Kier alpha value is -5.44. The van der Waals surface area contributed by atoms with Gasteiger partial charge in [0.2, 0.25) is 5.91 Å². The minimum Gasteiger partial charge on any atom is -0.494 e. The summed E-state index contributed by atoms with van der Waals surface area (Å²) in [5.41, 5.74) is 5.20. The van der Waals surface area contributed by atoms with Crippen LogP contribution in [0.3, 0.4) is 0 Å². The normalized spacial score (nSPS) is 10.9. The molecular formula is C38H42N2O7. The highest BCUT2D eigenvalue weighted by Crippen LogP contribution is 2.28. The van der Waals surface area contributed by atoms with E-state index in [1.807, 2.05) is 74.5 Å². The van der Waals surface area contributed by atoms with Gasteiger partial charge >= 0.3 is 11.9 Å². The maximum Gasteiger partial charge on any atom is 0.330 e. The van der Waals surface area contributed by atoms with E-state index in [4.69, 9.17) is 23.9 Å². The van der Waals surface area contributed by atoms with Gasteiger partial charge in [-0.3, -0.25) is 9.79 Å². The lowest BCUT2D eigenvalue weighted by Crippen LogP contribution is -2.08. The zero-order valence-electron chi connectivity index (χ0n) is 27.0. The van der Waals surface area contributed by atoms with Gasteiger partial charge in [-0.1, -0.05) is 25.3 Å². The largest absolute Gasteiger partial charge is 0.494 e. The zero-order valence-corrected chi connectivity index (χ0v) is 27.0. The van der Waals surface area contributed by atoms with E-state index in [-0.39, 0.29) is 5.91 Å². The van der Waals surface area contributed by atoms with E-state index in [9.17, 15) is 14.4 Å². The molecule has 1 amide bonds. The second kappa shape index (κ2) is 19.8. The number of ether oxygens (including phenoxy) is 4. The molecule has 0 spiro atoms. The van der Waals surface area contributed by atoms with Gasteiger partial charge in [0, 0.05) is 30.1 Å². The van der Waals surface area contributed by atoms with Gasteiger partial charge < -0.3 is 24.3 Å². The predicted octanol–water partition coefficient (Wildman–Crippen LogP) is 7.48. The first-order valence-corrected chi connectivity index (χ1v) is 15.5. The quantitative estimate of drug-likeness (QED) is 0.0627. The lowest BCUT2D eigenvalue weighted by Gasteiger charge is -2.10. The number of nitrogens with zero attached hydrogens (tertiary/aromatic N) is 1. The summed E-state index contributed by atoms with van der Waals surface area (Å²) >= 11 is 0. The Morgan fingerprint density at radius 2 is 1.17 bits per heavy atom. The third-order valence-electron chi connectivity index (χ3n) is 6.73. The van der Waals surface area contributed by atoms with Crippen LogP contribution in [0.15, 0.2) is 97.0 Å². The van der Waals surface area contributed by atoms with Gasteiger partial charge in [0.05, 0.1) is 32.1 Å². The summed E-state index contributed by atoms with van der Waals surface area (Å²) in [6.07, 6.45) is 10.3. The summed E-state index contributed by atoms with van der Waals surface area (Å²) in [5.74, 6) is 0.407. The molecule has 246 valence electrons. The number of anilines is 1. The van der Waals surface area contributed by atoms with Crippen LogP contribution in [0.2, 0.25) is 0 Å². The minimum absolute atomic E-state index is 0.240. The maximum atomic E-state index is 12.6. The predicted molar refractivity (Wildman–Crippen MR) is 185 cm³/mol. The van der Waals surface area contributed by atoms with Crippen molar-refractivity contribution >= 4 is 41.5 Å². The molecule has 0 aromatic heterocycles. The van der Waals surface area contributed by atoms with Crippen molar-refractivity contribution in [1.29, 1.82) is 0 Å². The van der Waals surface area contributed by atoms with Crippen molar-refractivity contribution in [2.45, 2.75) is 39.5 Å². The zero-order chi connectivity index (χ0) is 33.9. The van der Waals surface area contributed by atoms with Crippen LogP contribution in [0.5, 0.6) is 11.5 Å². The molecule has 0 saturated heterocycles. The Morgan fingerprint density at radius 3 is 1.66 bits per heavy atom. The highest BCUT2D eigenvalue weighted by molar-refractivity contribution is 6.02. The van der Waals surface area contributed by atoms with E-state index in [2.05, 4.69) is 18.5 Å². The van der Waals surface area contributed by atoms with Crippen LogP contribution in [-0.2, 0) is 23.9 Å². The fourth-order valence-electron chi connectivity index (χ4n) is 4.30. The Kier molecular flexibility index (Phi) is 15.2. The Morgan fingerprint density at radius 1 is 0.702 bits per heavy atom. The monoisotopic (exact) mass is 638 g/mol. The average Bonchev–Trinajstić information content (AvgIpc) is 3.07. The number of carbonyl (C=O) groups excluding carboxylic acids is 3. The van der Waals surface area contributed by atoms with Gasteiger partial charge in [-0.05, 0) is 116 Å². The lowest BCUT2D eigenvalue weighted by atomic mass is 10.1. The number of hydrogen-bond donors (Lipinski definition) is 1. The number of hydrogen-bond acceptors (Lipinski definition) is 8. The fourth-order valence-corrected chi connectivity index (χ4v) is 4.30. The Bertz CT molecular complexity index is 1530. The fraction of sp³-hybridized carbons (Fsp3) is 0.263. The van der Waals surface area contributed by atoms with Crippen LogP contribution in [0.4, 0.5) is 11.4 Å². The summed E-state index contributed by atoms with van der Waals surface area (Å²) in [5, 5.41) is 2.92. The van der Waals surface area contributed by atoms with Crippen molar-refractivity contribution in [2.75, 3.05) is 31.7 Å². The number of benzene rings is 3. The number of unbranched alkanes of at least 4 members (excludes halogenated alkanes) is 2. The standard InChI is InChI=1S/C38H42N2O7/c1-5-36(42)46-23-9-7-21-44-33-16-11-30(12-17-33)15-20-35(41)40-32-25-28(3)38(29(4)26-32)39-27-31-13-18-34(19-14-31)45-22-8-10-24-47-37(43)6-2/h5-6,11-20,25-27H,1-2,7-10,21-24H2,3-4H3,(H,40,41). The molecule has 0 bridgehead atoms. The van der Waals surface area contributed by atoms with E-state index >= 15 is 0 Å². The van der Waals surface area contributed by atoms with Crippen LogP contribution >= 0.6 is 0 Å². The molecule has 0 fully saturated rings. The number of amides is 1. The van der Waals surface area contributed by atoms with Gasteiger partial charge in [-0.2, -0.15) is 0 Å². The Labute approximate surface area is 276 Å². The van der Waals surface area contributed by atoms with Crippen LogP contribution in [0.1, 0.15) is 47.9 Å². The molecule has 3 aromatic rings. The van der Waals surface area contributed by atoms with E-state index in [0.717, 1.165) is 70.9 Å². The van der Waals surface area contributed by atoms with Crippen molar-refractivity contribution in [1.82, 2.24) is 0 Å². The van der Waals surface area contributed by atoms with Crippen LogP contribution in [0.25, 0.3) is 6.08 Å². The molecule has 1 N–H and O–H groups in total. The molecule has 9 heteroatoms. The summed E-state index contributed by atoms with van der Waals surface area (Å²) in [4.78, 5) is 39.4. The summed E-state index contributed by atoms with van der Waals surface area (Å²) in [6, 6.07) is 18.9. The highest BCUT2D eigenvalue weighted by atomic mass is 16.5. The van der Waals surface area contributed by atoms with E-state index < -0.39 is 11.9 Å². The van der Waals surface area contributed by atoms with Crippen LogP contribution in [0, 0.1) is 13.8 Å². The number of aliphatic imine (C=N–C) groups is 1. The number of rotatable bonds is 19. The highest BCUT2D eigenvalue weighted by Gasteiger charge is 2.07. The number of aryl methyl sites for hydroxylation is 2. The topological polar surface area (TPSA) is 113 Å². The number of esters is 2. The first-order chi connectivity index (χ1) is 22.8. The van der Waals surface area contributed by atoms with Crippen LogP contribution in [-0.4, -0.2) is 50.5 Å². The molecule has 47 heavy (non-hydrogen) atoms. The molecule has 0 aliphatic carbocycles. The first-order valence-electron chi connectivity index (χ1n) is 15.5. The van der Waals surface area contributed by atoms with Crippen molar-refractivity contribution in [3.8, 4) is 11.5 Å².